The minimum Gasteiger partial charge on any atom is -0.381 e. The number of hydrogen-bond acceptors (Lipinski definition) is 2. The maximum absolute atomic E-state index is 6.13. The van der Waals surface area contributed by atoms with Gasteiger partial charge in [0.1, 0.15) is 0 Å². The van der Waals surface area contributed by atoms with E-state index in [1.807, 2.05) is 26.4 Å². The number of aromatic nitrogens is 1. The zero-order chi connectivity index (χ0) is 20.1. The van der Waals surface area contributed by atoms with Crippen molar-refractivity contribution in [1.82, 2.24) is 14.8 Å². The minimum absolute atomic E-state index is 0.0641. The minimum atomic E-state index is 0.0641. The van der Waals surface area contributed by atoms with Gasteiger partial charge in [-0.3, -0.25) is 4.99 Å². The standard InChI is InChI=1S/C22H31ClN4O/c1-17-7-5-6-8-20(17)22(9-11-28-12-10-22)16-25-21(24-2)27(4)15-19-13-18(23)14-26(19)3/h5-8,13-14H,9-12,15-16H2,1-4H3,(H,24,25). The SMILES string of the molecule is CN=C(NCC1(c2ccccc2C)CCOCC1)N(C)Cc1cc(Cl)cn1C. The predicted octanol–water partition coefficient (Wildman–Crippen LogP) is 3.74. The highest BCUT2D eigenvalue weighted by molar-refractivity contribution is 6.30. The molecule has 0 radical (unpaired) electrons. The molecule has 28 heavy (non-hydrogen) atoms. The van der Waals surface area contributed by atoms with Gasteiger partial charge in [-0.2, -0.15) is 0 Å². The first-order chi connectivity index (χ1) is 13.4. The Kier molecular flexibility index (Phi) is 6.68. The highest BCUT2D eigenvalue weighted by atomic mass is 35.5. The lowest BCUT2D eigenvalue weighted by Gasteiger charge is -2.39. The van der Waals surface area contributed by atoms with E-state index < -0.39 is 0 Å². The average Bonchev–Trinajstić information content (AvgIpc) is 3.00. The van der Waals surface area contributed by atoms with Gasteiger partial charge in [-0.05, 0) is 37.0 Å². The molecule has 1 aliphatic heterocycles. The predicted molar refractivity (Wildman–Crippen MR) is 116 cm³/mol. The monoisotopic (exact) mass is 402 g/mol. The van der Waals surface area contributed by atoms with Crippen LogP contribution in [0, 0.1) is 6.92 Å². The van der Waals surface area contributed by atoms with Crippen LogP contribution in [0.5, 0.6) is 0 Å². The molecule has 0 unspecified atom stereocenters. The summed E-state index contributed by atoms with van der Waals surface area (Å²) < 4.78 is 7.73. The molecule has 2 aromatic rings. The largest absolute Gasteiger partial charge is 0.381 e. The summed E-state index contributed by atoms with van der Waals surface area (Å²) in [6.07, 6.45) is 3.95. The van der Waals surface area contributed by atoms with Crippen molar-refractivity contribution >= 4 is 17.6 Å². The van der Waals surface area contributed by atoms with Gasteiger partial charge in [0.15, 0.2) is 5.96 Å². The molecule has 5 nitrogen and oxygen atoms in total. The molecule has 0 amide bonds. The Morgan fingerprint density at radius 1 is 1.32 bits per heavy atom. The molecule has 1 saturated heterocycles. The van der Waals surface area contributed by atoms with Gasteiger partial charge in [0.05, 0.1) is 11.6 Å². The molecular formula is C22H31ClN4O. The highest BCUT2D eigenvalue weighted by Gasteiger charge is 2.35. The summed E-state index contributed by atoms with van der Waals surface area (Å²) in [7, 11) is 5.91. The van der Waals surface area contributed by atoms with Crippen LogP contribution in [0.1, 0.15) is 29.7 Å². The Hall–Kier alpha value is -1.98. The van der Waals surface area contributed by atoms with Crippen molar-refractivity contribution in [3.8, 4) is 0 Å². The van der Waals surface area contributed by atoms with Gasteiger partial charge >= 0.3 is 0 Å². The van der Waals surface area contributed by atoms with E-state index in [1.54, 1.807) is 0 Å². The van der Waals surface area contributed by atoms with Gasteiger partial charge in [-0.1, -0.05) is 35.9 Å². The van der Waals surface area contributed by atoms with Crippen molar-refractivity contribution in [2.24, 2.45) is 12.0 Å². The lowest BCUT2D eigenvalue weighted by Crippen LogP contribution is -2.48. The molecule has 1 fully saturated rings. The molecule has 0 bridgehead atoms. The van der Waals surface area contributed by atoms with Crippen LogP contribution in [-0.2, 0) is 23.7 Å². The molecule has 1 aromatic heterocycles. The van der Waals surface area contributed by atoms with Crippen molar-refractivity contribution in [2.75, 3.05) is 33.9 Å². The molecule has 0 saturated carbocycles. The van der Waals surface area contributed by atoms with Gasteiger partial charge in [0.25, 0.3) is 0 Å². The molecule has 1 aliphatic rings. The molecular weight excluding hydrogens is 372 g/mol. The second-order valence-electron chi connectivity index (χ2n) is 7.73. The second kappa shape index (κ2) is 9.01. The van der Waals surface area contributed by atoms with Crippen molar-refractivity contribution in [3.63, 3.8) is 0 Å². The number of halogens is 1. The van der Waals surface area contributed by atoms with Crippen molar-refractivity contribution in [3.05, 3.63) is 58.4 Å². The fourth-order valence-corrected chi connectivity index (χ4v) is 4.42. The summed E-state index contributed by atoms with van der Waals surface area (Å²) in [4.78, 5) is 6.65. The highest BCUT2D eigenvalue weighted by Crippen LogP contribution is 2.36. The number of nitrogens with one attached hydrogen (secondary N) is 1. The zero-order valence-electron chi connectivity index (χ0n) is 17.3. The molecule has 2 heterocycles. The Bertz CT molecular complexity index is 824. The van der Waals surface area contributed by atoms with E-state index in [9.17, 15) is 0 Å². The quantitative estimate of drug-likeness (QED) is 0.611. The van der Waals surface area contributed by atoms with E-state index in [-0.39, 0.29) is 5.41 Å². The van der Waals surface area contributed by atoms with E-state index in [1.165, 1.54) is 11.1 Å². The Balaban J connectivity index is 1.74. The molecule has 1 aromatic carbocycles. The van der Waals surface area contributed by atoms with Gasteiger partial charge in [0.2, 0.25) is 0 Å². The number of aliphatic imine (C=N–C) groups is 1. The third-order valence-electron chi connectivity index (χ3n) is 5.80. The van der Waals surface area contributed by atoms with Crippen LogP contribution >= 0.6 is 11.6 Å². The molecule has 6 heteroatoms. The average molecular weight is 403 g/mol. The first-order valence-corrected chi connectivity index (χ1v) is 10.2. The van der Waals surface area contributed by atoms with Crippen LogP contribution < -0.4 is 5.32 Å². The second-order valence-corrected chi connectivity index (χ2v) is 8.16. The number of nitrogens with zero attached hydrogens (tertiary/aromatic N) is 3. The van der Waals surface area contributed by atoms with Gasteiger partial charge < -0.3 is 19.5 Å². The third kappa shape index (κ3) is 4.53. The summed E-state index contributed by atoms with van der Waals surface area (Å²) in [5.74, 6) is 0.886. The van der Waals surface area contributed by atoms with Crippen LogP contribution in [0.15, 0.2) is 41.5 Å². The maximum Gasteiger partial charge on any atom is 0.193 e. The van der Waals surface area contributed by atoms with Crippen LogP contribution in [0.2, 0.25) is 5.02 Å². The number of benzene rings is 1. The third-order valence-corrected chi connectivity index (χ3v) is 6.00. The lowest BCUT2D eigenvalue weighted by molar-refractivity contribution is 0.0510. The number of guanidine groups is 1. The van der Waals surface area contributed by atoms with E-state index in [0.717, 1.165) is 55.8 Å². The fraction of sp³-hybridized carbons (Fsp3) is 0.500. The molecule has 0 atom stereocenters. The van der Waals surface area contributed by atoms with E-state index >= 15 is 0 Å². The number of rotatable bonds is 5. The first-order valence-electron chi connectivity index (χ1n) is 9.81. The van der Waals surface area contributed by atoms with Crippen LogP contribution in [0.3, 0.4) is 0 Å². The zero-order valence-corrected chi connectivity index (χ0v) is 18.1. The normalized spacial score (nSPS) is 16.8. The Morgan fingerprint density at radius 2 is 2.04 bits per heavy atom. The van der Waals surface area contributed by atoms with Crippen molar-refractivity contribution < 1.29 is 4.74 Å². The summed E-state index contributed by atoms with van der Waals surface area (Å²) in [6.45, 7) is 5.38. The summed E-state index contributed by atoms with van der Waals surface area (Å²) in [5, 5.41) is 4.39. The molecule has 0 aliphatic carbocycles. The van der Waals surface area contributed by atoms with Crippen LogP contribution in [-0.4, -0.2) is 49.3 Å². The number of hydrogen-bond donors (Lipinski definition) is 1. The van der Waals surface area contributed by atoms with Gasteiger partial charge in [0, 0.05) is 58.2 Å². The van der Waals surface area contributed by atoms with E-state index in [2.05, 4.69) is 58.0 Å². The van der Waals surface area contributed by atoms with E-state index in [4.69, 9.17) is 16.3 Å². The Morgan fingerprint density at radius 3 is 2.64 bits per heavy atom. The fourth-order valence-electron chi connectivity index (χ4n) is 4.15. The molecule has 1 N–H and O–H groups in total. The first kappa shape index (κ1) is 20.7. The van der Waals surface area contributed by atoms with Gasteiger partial charge in [-0.25, -0.2) is 0 Å². The lowest BCUT2D eigenvalue weighted by atomic mass is 9.72. The van der Waals surface area contributed by atoms with Gasteiger partial charge in [-0.15, -0.1) is 0 Å². The molecule has 3 rings (SSSR count). The summed E-state index contributed by atoms with van der Waals surface area (Å²) >= 11 is 6.13. The molecule has 0 spiro atoms. The Labute approximate surface area is 173 Å². The maximum atomic E-state index is 6.13. The van der Waals surface area contributed by atoms with Crippen molar-refractivity contribution in [1.29, 1.82) is 0 Å². The summed E-state index contributed by atoms with van der Waals surface area (Å²) in [5.41, 5.74) is 3.97. The number of aryl methyl sites for hydroxylation is 2. The van der Waals surface area contributed by atoms with E-state index in [0.29, 0.717) is 0 Å². The smallest absolute Gasteiger partial charge is 0.193 e. The van der Waals surface area contributed by atoms with Crippen molar-refractivity contribution in [2.45, 2.75) is 31.7 Å². The number of ether oxygens (including phenoxy) is 1. The topological polar surface area (TPSA) is 41.8 Å². The van der Waals surface area contributed by atoms with Crippen LogP contribution in [0.4, 0.5) is 0 Å². The summed E-state index contributed by atoms with van der Waals surface area (Å²) in [6, 6.07) is 10.7. The molecule has 152 valence electrons. The van der Waals surface area contributed by atoms with Crippen LogP contribution in [0.25, 0.3) is 0 Å².